The summed E-state index contributed by atoms with van der Waals surface area (Å²) in [5.74, 6) is 1.45. The van der Waals surface area contributed by atoms with Crippen molar-refractivity contribution < 1.29 is 4.79 Å². The smallest absolute Gasteiger partial charge is 0.223 e. The highest BCUT2D eigenvalue weighted by Gasteiger charge is 2.32. The third-order valence-electron chi connectivity index (χ3n) is 4.95. The Balaban J connectivity index is 2.61. The van der Waals surface area contributed by atoms with Crippen LogP contribution in [0, 0.1) is 17.3 Å². The van der Waals surface area contributed by atoms with Crippen LogP contribution in [0.5, 0.6) is 0 Å². The van der Waals surface area contributed by atoms with E-state index in [-0.39, 0.29) is 11.5 Å². The number of carbonyl (C=O) groups excluding carboxylic acids is 1. The molecule has 19 heavy (non-hydrogen) atoms. The minimum Gasteiger partial charge on any atom is -0.338 e. The molecule has 1 amide bonds. The second-order valence-electron chi connectivity index (χ2n) is 7.25. The van der Waals surface area contributed by atoms with E-state index in [1.807, 2.05) is 0 Å². The normalized spacial score (nSPS) is 26.3. The molecule has 0 saturated carbocycles. The molecule has 3 heteroatoms. The fourth-order valence-corrected chi connectivity index (χ4v) is 2.74. The van der Waals surface area contributed by atoms with E-state index in [4.69, 9.17) is 5.73 Å². The summed E-state index contributed by atoms with van der Waals surface area (Å²) in [6.45, 7) is 12.5. The van der Waals surface area contributed by atoms with Gasteiger partial charge in [0.1, 0.15) is 0 Å². The molecular weight excluding hydrogens is 236 g/mol. The van der Waals surface area contributed by atoms with Crippen LogP contribution in [0.2, 0.25) is 0 Å². The molecule has 0 aromatic heterocycles. The van der Waals surface area contributed by atoms with Gasteiger partial charge in [-0.3, -0.25) is 4.79 Å². The highest BCUT2D eigenvalue weighted by molar-refractivity contribution is 5.77. The molecule has 0 aromatic carbocycles. The average molecular weight is 268 g/mol. The molecule has 0 spiro atoms. The summed E-state index contributed by atoms with van der Waals surface area (Å²) in [7, 11) is 0. The fraction of sp³-hybridized carbons (Fsp3) is 0.938. The van der Waals surface area contributed by atoms with E-state index in [0.717, 1.165) is 25.3 Å². The van der Waals surface area contributed by atoms with Gasteiger partial charge in [-0.2, -0.15) is 0 Å². The zero-order chi connectivity index (χ0) is 14.6. The van der Waals surface area contributed by atoms with Crippen LogP contribution in [0.4, 0.5) is 0 Å². The van der Waals surface area contributed by atoms with E-state index < -0.39 is 0 Å². The molecule has 1 aliphatic rings. The molecular formula is C16H32N2O. The second-order valence-corrected chi connectivity index (χ2v) is 7.25. The molecule has 1 aliphatic heterocycles. The van der Waals surface area contributed by atoms with Crippen LogP contribution in [0.1, 0.15) is 60.3 Å². The van der Waals surface area contributed by atoms with Gasteiger partial charge in [0.25, 0.3) is 0 Å². The largest absolute Gasteiger partial charge is 0.338 e. The third-order valence-corrected chi connectivity index (χ3v) is 4.95. The van der Waals surface area contributed by atoms with Crippen molar-refractivity contribution >= 4 is 5.91 Å². The van der Waals surface area contributed by atoms with Crippen molar-refractivity contribution in [1.82, 2.24) is 4.90 Å². The lowest BCUT2D eigenvalue weighted by Gasteiger charge is -2.40. The molecule has 1 fully saturated rings. The van der Waals surface area contributed by atoms with Gasteiger partial charge in [-0.15, -0.1) is 0 Å². The molecule has 2 N–H and O–H groups in total. The molecule has 0 aliphatic carbocycles. The summed E-state index contributed by atoms with van der Waals surface area (Å²) in [5, 5.41) is 0. The lowest BCUT2D eigenvalue weighted by Crippen LogP contribution is -2.50. The van der Waals surface area contributed by atoms with Gasteiger partial charge >= 0.3 is 0 Å². The van der Waals surface area contributed by atoms with Gasteiger partial charge in [0, 0.05) is 25.6 Å². The molecule has 112 valence electrons. The van der Waals surface area contributed by atoms with Crippen LogP contribution in [0.25, 0.3) is 0 Å². The first kappa shape index (κ1) is 16.5. The number of nitrogens with zero attached hydrogens (tertiary/aromatic N) is 1. The number of piperidine rings is 1. The third kappa shape index (κ3) is 4.48. The van der Waals surface area contributed by atoms with Crippen molar-refractivity contribution in [3.8, 4) is 0 Å². The maximum absolute atomic E-state index is 12.5. The highest BCUT2D eigenvalue weighted by Crippen LogP contribution is 2.31. The first-order valence-corrected chi connectivity index (χ1v) is 7.79. The number of rotatable bonds is 4. The summed E-state index contributed by atoms with van der Waals surface area (Å²) in [4.78, 5) is 14.5. The number of nitrogens with two attached hydrogens (primary N) is 1. The van der Waals surface area contributed by atoms with E-state index in [2.05, 4.69) is 39.5 Å². The zero-order valence-corrected chi connectivity index (χ0v) is 13.4. The molecule has 0 aromatic rings. The summed E-state index contributed by atoms with van der Waals surface area (Å²) in [5.41, 5.74) is 6.06. The van der Waals surface area contributed by atoms with Crippen molar-refractivity contribution in [2.75, 3.05) is 13.1 Å². The Morgan fingerprint density at radius 3 is 2.53 bits per heavy atom. The number of amides is 1. The van der Waals surface area contributed by atoms with Crippen LogP contribution in [0.3, 0.4) is 0 Å². The molecule has 3 unspecified atom stereocenters. The van der Waals surface area contributed by atoms with Gasteiger partial charge in [0.2, 0.25) is 5.91 Å². The van der Waals surface area contributed by atoms with Crippen molar-refractivity contribution in [1.29, 1.82) is 0 Å². The number of likely N-dealkylation sites (tertiary alicyclic amines) is 1. The second kappa shape index (κ2) is 6.74. The number of carbonyl (C=O) groups is 1. The maximum atomic E-state index is 12.5. The monoisotopic (exact) mass is 268 g/mol. The van der Waals surface area contributed by atoms with Crippen molar-refractivity contribution in [2.24, 2.45) is 23.0 Å². The molecule has 3 nitrogen and oxygen atoms in total. The van der Waals surface area contributed by atoms with Gasteiger partial charge < -0.3 is 10.6 Å². The van der Waals surface area contributed by atoms with Crippen LogP contribution in [-0.2, 0) is 4.79 Å². The van der Waals surface area contributed by atoms with E-state index in [1.54, 1.807) is 0 Å². The SMILES string of the molecule is CCC1CCN(C(=O)CC(C)C(C)(C)C)C(CN)C1. The van der Waals surface area contributed by atoms with Crippen molar-refractivity contribution in [3.63, 3.8) is 0 Å². The Kier molecular flexibility index (Phi) is 5.84. The number of hydrogen-bond acceptors (Lipinski definition) is 2. The average Bonchev–Trinajstić information content (AvgIpc) is 2.36. The quantitative estimate of drug-likeness (QED) is 0.852. The van der Waals surface area contributed by atoms with Gasteiger partial charge in [0.15, 0.2) is 0 Å². The Bertz CT molecular complexity index is 296. The highest BCUT2D eigenvalue weighted by atomic mass is 16.2. The molecule has 1 rings (SSSR count). The first-order chi connectivity index (χ1) is 8.79. The van der Waals surface area contributed by atoms with Gasteiger partial charge in [0.05, 0.1) is 0 Å². The van der Waals surface area contributed by atoms with Crippen LogP contribution < -0.4 is 5.73 Å². The summed E-state index contributed by atoms with van der Waals surface area (Å²) >= 11 is 0. The summed E-state index contributed by atoms with van der Waals surface area (Å²) in [6, 6.07) is 0.262. The Morgan fingerprint density at radius 2 is 2.05 bits per heavy atom. The predicted molar refractivity (Wildman–Crippen MR) is 80.8 cm³/mol. The molecule has 1 heterocycles. The lowest BCUT2D eigenvalue weighted by atomic mass is 9.79. The van der Waals surface area contributed by atoms with E-state index in [9.17, 15) is 4.79 Å². The van der Waals surface area contributed by atoms with E-state index >= 15 is 0 Å². The van der Waals surface area contributed by atoms with Crippen LogP contribution in [0.15, 0.2) is 0 Å². The van der Waals surface area contributed by atoms with Gasteiger partial charge in [-0.05, 0) is 30.1 Å². The molecule has 0 radical (unpaired) electrons. The molecule has 1 saturated heterocycles. The Morgan fingerprint density at radius 1 is 1.42 bits per heavy atom. The predicted octanol–water partition coefficient (Wildman–Crippen LogP) is 3.03. The standard InChI is InChI=1S/C16H32N2O/c1-6-13-7-8-18(14(10-13)11-17)15(19)9-12(2)16(3,4)5/h12-14H,6-11,17H2,1-5H3. The zero-order valence-electron chi connectivity index (χ0n) is 13.4. The molecule has 3 atom stereocenters. The van der Waals surface area contributed by atoms with Crippen LogP contribution >= 0.6 is 0 Å². The van der Waals surface area contributed by atoms with Crippen LogP contribution in [-0.4, -0.2) is 29.9 Å². The number of hydrogen-bond donors (Lipinski definition) is 1. The lowest BCUT2D eigenvalue weighted by molar-refractivity contribution is -0.137. The van der Waals surface area contributed by atoms with E-state index in [1.165, 1.54) is 6.42 Å². The summed E-state index contributed by atoms with van der Waals surface area (Å²) < 4.78 is 0. The maximum Gasteiger partial charge on any atom is 0.223 e. The van der Waals surface area contributed by atoms with Gasteiger partial charge in [-0.25, -0.2) is 0 Å². The first-order valence-electron chi connectivity index (χ1n) is 7.79. The minimum atomic E-state index is 0.190. The Hall–Kier alpha value is -0.570. The topological polar surface area (TPSA) is 46.3 Å². The van der Waals surface area contributed by atoms with Crippen molar-refractivity contribution in [2.45, 2.75) is 66.3 Å². The Labute approximate surface area is 118 Å². The summed E-state index contributed by atoms with van der Waals surface area (Å²) in [6.07, 6.45) is 4.08. The fourth-order valence-electron chi connectivity index (χ4n) is 2.74. The van der Waals surface area contributed by atoms with Gasteiger partial charge in [-0.1, -0.05) is 41.0 Å². The van der Waals surface area contributed by atoms with Crippen molar-refractivity contribution in [3.05, 3.63) is 0 Å². The minimum absolute atomic E-state index is 0.190. The molecule has 0 bridgehead atoms. The van der Waals surface area contributed by atoms with E-state index in [0.29, 0.717) is 24.8 Å².